The fourth-order valence-electron chi connectivity index (χ4n) is 2.05. The van der Waals surface area contributed by atoms with Crippen LogP contribution < -0.4 is 16.0 Å². The van der Waals surface area contributed by atoms with Gasteiger partial charge in [-0.3, -0.25) is 14.2 Å². The number of carbonyl (C=O) groups excluding carboxylic acids is 1. The Kier molecular flexibility index (Phi) is 2.57. The minimum absolute atomic E-state index is 0. The van der Waals surface area contributed by atoms with Crippen molar-refractivity contribution in [1.82, 2.24) is 14.8 Å². The maximum Gasteiger partial charge on any atom is 2.00 e. The van der Waals surface area contributed by atoms with Crippen molar-refractivity contribution in [3.05, 3.63) is 27.3 Å². The van der Waals surface area contributed by atoms with Crippen molar-refractivity contribution >= 4 is 50.5 Å². The summed E-state index contributed by atoms with van der Waals surface area (Å²) in [5, 5.41) is 10.9. The molecule has 1 atom stereocenters. The van der Waals surface area contributed by atoms with Crippen molar-refractivity contribution in [3.63, 3.8) is 0 Å². The fourth-order valence-corrected chi connectivity index (χ4v) is 2.85. The minimum Gasteiger partial charge on any atom is -1.00 e. The van der Waals surface area contributed by atoms with E-state index >= 15 is 0 Å². The number of carbonyl (C=O) groups is 1. The Morgan fingerprint density at radius 1 is 1.63 bits per heavy atom. The van der Waals surface area contributed by atoms with Crippen LogP contribution >= 0.6 is 11.3 Å². The normalized spacial score (nSPS) is 39.5. The van der Waals surface area contributed by atoms with E-state index in [0.717, 1.165) is 0 Å². The molecular formula is C19H27MgN3O3S. The summed E-state index contributed by atoms with van der Waals surface area (Å²) in [4.78, 5) is 25.6. The molecule has 2 aromatic heterocycles. The summed E-state index contributed by atoms with van der Waals surface area (Å²) in [7, 11) is 0. The zero-order chi connectivity index (χ0) is 37.3. The van der Waals surface area contributed by atoms with Crippen LogP contribution in [0, 0.1) is 0 Å². The van der Waals surface area contributed by atoms with E-state index in [4.69, 9.17) is 28.8 Å². The van der Waals surface area contributed by atoms with Gasteiger partial charge in [0.05, 0.1) is 9.68 Å². The standard InChI is InChI=1S/C19H27N3O3S.Mg.H/c1-13(2)22-18(25)15(16(23)14-7-12-26-19(14)22)17(24)20-8-6-11-21-9-4-3-5-10-21;;/h7,12-13,23H,3-6,8-11H2,1-2H3,(H,20,24);;/q;+2;-1/p-1/i1D3,3D2,4D2,5D2,7D,8D2,9D2,10D2,11D2,12D,13D;;/hD. The van der Waals surface area contributed by atoms with E-state index in [1.165, 1.54) is 0 Å². The van der Waals surface area contributed by atoms with Crippen molar-refractivity contribution in [2.45, 2.75) is 45.3 Å². The molecule has 3 rings (SSSR count). The number of fused-ring (bicyclic) bond motifs is 1. The van der Waals surface area contributed by atoms with Crippen molar-refractivity contribution in [3.8, 4) is 5.75 Å². The molecule has 0 bridgehead atoms. The maximum absolute atomic E-state index is 13.5. The monoisotopic (exact) mass is 422 g/mol. The zero-order valence-corrected chi connectivity index (χ0v) is 16.1. The van der Waals surface area contributed by atoms with Gasteiger partial charge in [0.1, 0.15) is 4.83 Å². The van der Waals surface area contributed by atoms with Gasteiger partial charge in [-0.15, -0.1) is 11.3 Å². The molecule has 1 aliphatic heterocycles. The quantitative estimate of drug-likeness (QED) is 0.723. The van der Waals surface area contributed by atoms with Crippen molar-refractivity contribution in [2.75, 3.05) is 26.0 Å². The van der Waals surface area contributed by atoms with Gasteiger partial charge in [-0.05, 0) is 63.8 Å². The molecule has 6 nitrogen and oxygen atoms in total. The Morgan fingerprint density at radius 3 is 3.07 bits per heavy atom. The number of nitrogens with one attached hydrogen (secondary N) is 1. The van der Waals surface area contributed by atoms with Crippen LogP contribution in [0.2, 0.25) is 1.41 Å². The van der Waals surface area contributed by atoms with Crippen molar-refractivity contribution < 1.29 is 40.2 Å². The SMILES string of the molecule is [2H]c1sc2c(c1[2H])c([O-])c(C(=O)N([2H])C([2H])([2H])CC([2H])([2H])N1C([2H])([2H])C([2H])([2H])C([2H])([2H])C([2H])([2H])C1([2H])[2H])c(=O)n2C([2H])(C)C([2H])([2H])[2H].[H-].[Mg+2]. The van der Waals surface area contributed by atoms with Crippen LogP contribution in [0.3, 0.4) is 0 Å². The van der Waals surface area contributed by atoms with Gasteiger partial charge in [0, 0.05) is 41.2 Å². The molecule has 3 heterocycles. The second kappa shape index (κ2) is 9.91. The van der Waals surface area contributed by atoms with Crippen LogP contribution in [-0.2, 0) is 0 Å². The molecule has 0 aromatic carbocycles. The molecule has 0 saturated carbocycles. The molecule has 144 valence electrons. The topological polar surface area (TPSA) is 77.4 Å². The molecule has 1 unspecified atom stereocenters. The van der Waals surface area contributed by atoms with Crippen LogP contribution in [0.5, 0.6) is 5.75 Å². The van der Waals surface area contributed by atoms with E-state index in [9.17, 15) is 14.7 Å². The Hall–Kier alpha value is -1.09. The number of piperidine rings is 1. The Bertz CT molecular complexity index is 1660. The zero-order valence-electron chi connectivity index (χ0n) is 35.9. The molecule has 27 heavy (non-hydrogen) atoms. The number of hydrogen-bond donors (Lipinski definition) is 1. The van der Waals surface area contributed by atoms with Crippen LogP contribution in [0.1, 0.15) is 84.5 Å². The van der Waals surface area contributed by atoms with Gasteiger partial charge in [0.2, 0.25) is 0 Å². The molecule has 1 saturated heterocycles. The van der Waals surface area contributed by atoms with E-state index in [-0.39, 0.29) is 40.4 Å². The molecule has 2 aromatic rings. The van der Waals surface area contributed by atoms with Crippen LogP contribution in [0.25, 0.3) is 10.2 Å². The number of hydrogen-bond acceptors (Lipinski definition) is 5. The third-order valence-electron chi connectivity index (χ3n) is 3.12. The van der Waals surface area contributed by atoms with E-state index in [0.29, 0.717) is 6.92 Å². The van der Waals surface area contributed by atoms with Gasteiger partial charge in [0.15, 0.2) is 1.41 Å². The van der Waals surface area contributed by atoms with Gasteiger partial charge >= 0.3 is 23.1 Å². The third kappa shape index (κ3) is 4.85. The van der Waals surface area contributed by atoms with Crippen LogP contribution in [0.4, 0.5) is 0 Å². The predicted molar refractivity (Wildman–Crippen MR) is 110 cm³/mol. The van der Waals surface area contributed by atoms with Gasteiger partial charge in [-0.25, -0.2) is 0 Å². The summed E-state index contributed by atoms with van der Waals surface area (Å²) in [5.74, 6) is -3.86. The Balaban J connectivity index is 0.00000600. The van der Waals surface area contributed by atoms with Crippen LogP contribution in [0.15, 0.2) is 16.2 Å². The number of thiophene rings is 1. The molecule has 1 N–H and O–H groups in total. The smallest absolute Gasteiger partial charge is 1.00 e. The summed E-state index contributed by atoms with van der Waals surface area (Å²) < 4.78 is 169. The molecule has 8 heteroatoms. The molecule has 1 amide bonds. The van der Waals surface area contributed by atoms with E-state index in [1.807, 2.05) is 0 Å². The summed E-state index contributed by atoms with van der Waals surface area (Å²) in [6, 6.07) is -3.89. The Morgan fingerprint density at radius 2 is 2.37 bits per heavy atom. The molecular weight excluding hydrogens is 375 g/mol. The average Bonchev–Trinajstić information content (AvgIpc) is 3.13. The number of nitrogens with zero attached hydrogens (tertiary/aromatic N) is 2. The fraction of sp³-hybridized carbons (Fsp3) is 0.579. The summed E-state index contributed by atoms with van der Waals surface area (Å²) >= 11 is 0.246. The molecule has 0 radical (unpaired) electrons. The predicted octanol–water partition coefficient (Wildman–Crippen LogP) is 2.05. The second-order valence-corrected chi connectivity index (χ2v) is 5.58. The molecule has 0 spiro atoms. The number of pyridine rings is 1. The first-order chi connectivity index (χ1) is 20.5. The van der Waals surface area contributed by atoms with Gasteiger partial charge in [0.25, 0.3) is 11.5 Å². The largest absolute Gasteiger partial charge is 2.00 e. The van der Waals surface area contributed by atoms with E-state index < -0.39 is 119 Å². The summed E-state index contributed by atoms with van der Waals surface area (Å²) in [6.07, 6.45) is -14.0. The van der Waals surface area contributed by atoms with Crippen LogP contribution in [-0.4, -0.2) is 64.4 Å². The number of likely N-dealkylation sites (tertiary alicyclic amines) is 1. The van der Waals surface area contributed by atoms with Crippen molar-refractivity contribution in [1.29, 1.82) is 0 Å². The summed E-state index contributed by atoms with van der Waals surface area (Å²) in [5.41, 5.74) is -3.55. The molecule has 1 fully saturated rings. The first-order valence-electron chi connectivity index (χ1n) is 17.5. The van der Waals surface area contributed by atoms with Crippen molar-refractivity contribution in [2.24, 2.45) is 0 Å². The van der Waals surface area contributed by atoms with E-state index in [1.54, 1.807) is 0 Å². The Labute approximate surface area is 210 Å². The third-order valence-corrected chi connectivity index (χ3v) is 3.90. The number of rotatable bonds is 6. The van der Waals surface area contributed by atoms with Gasteiger partial charge in [-0.2, -0.15) is 0 Å². The minimum atomic E-state index is -4.08. The number of aromatic nitrogens is 1. The summed E-state index contributed by atoms with van der Waals surface area (Å²) in [6.45, 7) is -18.6. The van der Waals surface area contributed by atoms with Gasteiger partial charge < -0.3 is 16.7 Å². The molecule has 0 aliphatic carbocycles. The second-order valence-electron chi connectivity index (χ2n) is 4.78. The number of amides is 1. The van der Waals surface area contributed by atoms with Gasteiger partial charge in [-0.1, -0.05) is 12.1 Å². The van der Waals surface area contributed by atoms with E-state index in [2.05, 4.69) is 0 Å². The molecule has 1 aliphatic rings. The maximum atomic E-state index is 13.5. The first kappa shape index (κ1) is 7.00. The first-order valence-corrected chi connectivity index (χ1v) is 7.83. The average molecular weight is 423 g/mol.